The first-order valence-corrected chi connectivity index (χ1v) is 12.7. The van der Waals surface area contributed by atoms with Crippen LogP contribution in [0.5, 0.6) is 0 Å². The first-order valence-electron chi connectivity index (χ1n) is 10.1. The summed E-state index contributed by atoms with van der Waals surface area (Å²) in [6.07, 6.45) is 2.51. The van der Waals surface area contributed by atoms with E-state index in [2.05, 4.69) is 9.36 Å². The van der Waals surface area contributed by atoms with E-state index >= 15 is 0 Å². The molecule has 3 heterocycles. The van der Waals surface area contributed by atoms with Crippen molar-refractivity contribution in [2.75, 3.05) is 31.1 Å². The molecule has 2 saturated heterocycles. The summed E-state index contributed by atoms with van der Waals surface area (Å²) < 4.78 is 27.7. The Bertz CT molecular complexity index is 1010. The number of urea groups is 1. The highest BCUT2D eigenvalue weighted by atomic mass is 32.2. The molecule has 2 amide bonds. The maximum atomic E-state index is 13.0. The summed E-state index contributed by atoms with van der Waals surface area (Å²) in [4.78, 5) is 33.7. The Kier molecular flexibility index (Phi) is 6.14. The van der Waals surface area contributed by atoms with Crippen LogP contribution in [0, 0.1) is 0 Å². The predicted molar refractivity (Wildman–Crippen MR) is 114 cm³/mol. The van der Waals surface area contributed by atoms with Crippen molar-refractivity contribution in [1.82, 2.24) is 19.2 Å². The first-order chi connectivity index (χ1) is 14.4. The van der Waals surface area contributed by atoms with Gasteiger partial charge in [-0.05, 0) is 30.8 Å². The van der Waals surface area contributed by atoms with E-state index in [4.69, 9.17) is 0 Å². The molecule has 4 rings (SSSR count). The highest BCUT2D eigenvalue weighted by Gasteiger charge is 2.36. The lowest BCUT2D eigenvalue weighted by molar-refractivity contribution is -0.123. The average molecular weight is 449 g/mol. The number of rotatable bonds is 4. The number of likely N-dealkylation sites (tertiary alicyclic amines) is 1. The molecule has 2 aromatic rings. The number of aromatic nitrogens is 2. The number of amides is 2. The highest BCUT2D eigenvalue weighted by molar-refractivity contribution is 7.91. The monoisotopic (exact) mass is 448 g/mol. The van der Waals surface area contributed by atoms with Gasteiger partial charge in [-0.2, -0.15) is 4.37 Å². The molecule has 0 aliphatic carbocycles. The fourth-order valence-corrected chi connectivity index (χ4v) is 5.75. The zero-order valence-corrected chi connectivity index (χ0v) is 18.2. The Morgan fingerprint density at radius 2 is 1.80 bits per heavy atom. The normalized spacial score (nSPS) is 21.4. The van der Waals surface area contributed by atoms with Gasteiger partial charge >= 0.3 is 6.03 Å². The largest absolute Gasteiger partial charge is 0.323 e. The summed E-state index contributed by atoms with van der Waals surface area (Å²) in [6.45, 7) is 0.898. The standard InChI is InChI=1S/C20H24N4O4S2/c25-17(14-18-21-19(22-29-18)15-6-2-1-3-7-15)16-8-4-5-9-24(16)20(26)23-10-12-30(27,28)13-11-23/h1-3,6-7,16H,4-5,8-14H2/t16-/m0/s1. The zero-order chi connectivity index (χ0) is 21.1. The second-order valence-electron chi connectivity index (χ2n) is 7.65. The molecular weight excluding hydrogens is 424 g/mol. The number of carbonyl (C=O) groups is 2. The Labute approximate surface area is 180 Å². The number of sulfone groups is 1. The van der Waals surface area contributed by atoms with Crippen LogP contribution in [0.15, 0.2) is 30.3 Å². The molecule has 1 atom stereocenters. The quantitative estimate of drug-likeness (QED) is 0.709. The number of ketones is 1. The number of nitrogens with zero attached hydrogens (tertiary/aromatic N) is 4. The molecule has 0 radical (unpaired) electrons. The van der Waals surface area contributed by atoms with E-state index in [-0.39, 0.29) is 42.8 Å². The Balaban J connectivity index is 1.43. The Morgan fingerprint density at radius 1 is 1.07 bits per heavy atom. The molecule has 10 heteroatoms. The molecule has 1 aromatic heterocycles. The highest BCUT2D eigenvalue weighted by Crippen LogP contribution is 2.23. The van der Waals surface area contributed by atoms with Crippen LogP contribution in [0.4, 0.5) is 4.79 Å². The smallest absolute Gasteiger partial charge is 0.320 e. The van der Waals surface area contributed by atoms with Crippen LogP contribution in [0.3, 0.4) is 0 Å². The van der Waals surface area contributed by atoms with Crippen molar-refractivity contribution in [3.63, 3.8) is 0 Å². The molecule has 0 spiro atoms. The van der Waals surface area contributed by atoms with Gasteiger partial charge in [0.05, 0.1) is 24.0 Å². The van der Waals surface area contributed by atoms with Gasteiger partial charge in [-0.1, -0.05) is 30.3 Å². The van der Waals surface area contributed by atoms with E-state index in [9.17, 15) is 18.0 Å². The summed E-state index contributed by atoms with van der Waals surface area (Å²) in [5.74, 6) is 0.536. The number of hydrogen-bond donors (Lipinski definition) is 0. The molecule has 0 saturated carbocycles. The maximum Gasteiger partial charge on any atom is 0.320 e. The Morgan fingerprint density at radius 3 is 2.53 bits per heavy atom. The van der Waals surface area contributed by atoms with Crippen LogP contribution >= 0.6 is 11.5 Å². The van der Waals surface area contributed by atoms with Crippen LogP contribution in [0.25, 0.3) is 11.4 Å². The van der Waals surface area contributed by atoms with Crippen LogP contribution in [0.2, 0.25) is 0 Å². The average Bonchev–Trinajstić information content (AvgIpc) is 3.22. The minimum atomic E-state index is -3.06. The second kappa shape index (κ2) is 8.81. The molecule has 2 aliphatic rings. The van der Waals surface area contributed by atoms with Crippen molar-refractivity contribution in [3.05, 3.63) is 35.3 Å². The second-order valence-corrected chi connectivity index (χ2v) is 10.8. The number of hydrogen-bond acceptors (Lipinski definition) is 7. The van der Waals surface area contributed by atoms with Crippen LogP contribution in [-0.4, -0.2) is 76.6 Å². The lowest BCUT2D eigenvalue weighted by atomic mass is 9.97. The third-order valence-corrected chi connectivity index (χ3v) is 7.88. The molecule has 160 valence electrons. The minimum Gasteiger partial charge on any atom is -0.323 e. The number of carbonyl (C=O) groups excluding carboxylic acids is 2. The maximum absolute atomic E-state index is 13.0. The van der Waals surface area contributed by atoms with Gasteiger partial charge in [0, 0.05) is 25.2 Å². The van der Waals surface area contributed by atoms with Gasteiger partial charge in [-0.25, -0.2) is 18.2 Å². The Hall–Kier alpha value is -2.33. The van der Waals surface area contributed by atoms with Gasteiger partial charge < -0.3 is 9.80 Å². The van der Waals surface area contributed by atoms with Gasteiger partial charge in [-0.15, -0.1) is 0 Å². The van der Waals surface area contributed by atoms with Crippen molar-refractivity contribution < 1.29 is 18.0 Å². The summed E-state index contributed by atoms with van der Waals surface area (Å²) in [5.41, 5.74) is 0.905. The lowest BCUT2D eigenvalue weighted by Crippen LogP contribution is -2.56. The number of Topliss-reactive ketones (excluding diaryl/α,β-unsaturated/α-hetero) is 1. The van der Waals surface area contributed by atoms with Crippen molar-refractivity contribution in [2.24, 2.45) is 0 Å². The van der Waals surface area contributed by atoms with E-state index in [1.54, 1.807) is 9.80 Å². The summed E-state index contributed by atoms with van der Waals surface area (Å²) >= 11 is 1.21. The van der Waals surface area contributed by atoms with Gasteiger partial charge in [0.2, 0.25) is 0 Å². The van der Waals surface area contributed by atoms with Crippen LogP contribution < -0.4 is 0 Å². The molecule has 2 aliphatic heterocycles. The summed E-state index contributed by atoms with van der Waals surface area (Å²) in [6, 6.07) is 8.88. The minimum absolute atomic E-state index is 0.0156. The van der Waals surface area contributed by atoms with Gasteiger partial charge in [0.1, 0.15) is 5.01 Å². The summed E-state index contributed by atoms with van der Waals surface area (Å²) in [5, 5.41) is 0.640. The fourth-order valence-electron chi connectivity index (χ4n) is 3.88. The predicted octanol–water partition coefficient (Wildman–Crippen LogP) is 2.02. The fraction of sp³-hybridized carbons (Fsp3) is 0.500. The van der Waals surface area contributed by atoms with Crippen molar-refractivity contribution in [2.45, 2.75) is 31.7 Å². The molecule has 2 fully saturated rings. The first kappa shape index (κ1) is 20.9. The SMILES string of the molecule is O=C(Cc1nc(-c2ccccc2)ns1)[C@@H]1CCCCN1C(=O)N1CCS(=O)(=O)CC1. The number of benzene rings is 1. The summed E-state index contributed by atoms with van der Waals surface area (Å²) in [7, 11) is -3.06. The van der Waals surface area contributed by atoms with E-state index in [0.717, 1.165) is 18.4 Å². The van der Waals surface area contributed by atoms with Gasteiger partial charge in [0.15, 0.2) is 21.4 Å². The van der Waals surface area contributed by atoms with Crippen molar-refractivity contribution in [1.29, 1.82) is 0 Å². The molecule has 0 unspecified atom stereocenters. The topological polar surface area (TPSA) is 101 Å². The number of piperidine rings is 1. The third-order valence-electron chi connectivity index (χ3n) is 5.56. The van der Waals surface area contributed by atoms with E-state index < -0.39 is 15.9 Å². The lowest BCUT2D eigenvalue weighted by Gasteiger charge is -2.39. The van der Waals surface area contributed by atoms with Crippen molar-refractivity contribution >= 4 is 33.2 Å². The zero-order valence-electron chi connectivity index (χ0n) is 16.6. The van der Waals surface area contributed by atoms with E-state index in [1.165, 1.54) is 11.5 Å². The molecular formula is C20H24N4O4S2. The molecule has 0 bridgehead atoms. The van der Waals surface area contributed by atoms with Gasteiger partial charge in [0.25, 0.3) is 0 Å². The van der Waals surface area contributed by atoms with E-state index in [0.29, 0.717) is 23.8 Å². The third kappa shape index (κ3) is 4.70. The van der Waals surface area contributed by atoms with Gasteiger partial charge in [-0.3, -0.25) is 4.79 Å². The molecule has 30 heavy (non-hydrogen) atoms. The molecule has 0 N–H and O–H groups in total. The van der Waals surface area contributed by atoms with Crippen LogP contribution in [-0.2, 0) is 21.1 Å². The van der Waals surface area contributed by atoms with Crippen LogP contribution in [0.1, 0.15) is 24.3 Å². The van der Waals surface area contributed by atoms with E-state index in [1.807, 2.05) is 30.3 Å². The molecule has 8 nitrogen and oxygen atoms in total. The molecule has 1 aromatic carbocycles. The van der Waals surface area contributed by atoms with Crippen molar-refractivity contribution in [3.8, 4) is 11.4 Å².